The smallest absolute Gasteiger partial charge is 0.256 e. The minimum Gasteiger partial charge on any atom is -0.369 e. The molecule has 0 saturated heterocycles. The summed E-state index contributed by atoms with van der Waals surface area (Å²) >= 11 is 11.9. The standard InChI is InChI=1S/C15H15Cl2N3O/c1-8(10-4-6-12(16)13(17)7-10)3-5-11-9(2)19-15(18)20-14(11)21/h3-4,6-7H,5H2,1-2H3,(H3,18,19,20,21)/b8-3+. The van der Waals surface area contributed by atoms with Gasteiger partial charge in [0.25, 0.3) is 5.56 Å². The first kappa shape index (κ1) is 15.6. The summed E-state index contributed by atoms with van der Waals surface area (Å²) in [6.07, 6.45) is 2.43. The van der Waals surface area contributed by atoms with Gasteiger partial charge in [-0.3, -0.25) is 9.78 Å². The quantitative estimate of drug-likeness (QED) is 0.906. The maximum absolute atomic E-state index is 11.9. The Morgan fingerprint density at radius 3 is 2.71 bits per heavy atom. The molecule has 1 aromatic carbocycles. The number of nitrogen functional groups attached to an aromatic ring is 1. The molecule has 0 bridgehead atoms. The lowest BCUT2D eigenvalue weighted by molar-refractivity contribution is 1.00. The Morgan fingerprint density at radius 1 is 1.38 bits per heavy atom. The van der Waals surface area contributed by atoms with E-state index in [0.717, 1.165) is 11.1 Å². The second kappa shape index (κ2) is 6.33. The van der Waals surface area contributed by atoms with E-state index in [9.17, 15) is 4.79 Å². The molecular formula is C15H15Cl2N3O. The van der Waals surface area contributed by atoms with Gasteiger partial charge in [0.05, 0.1) is 15.7 Å². The molecule has 0 amide bonds. The second-order valence-electron chi connectivity index (χ2n) is 4.74. The van der Waals surface area contributed by atoms with Gasteiger partial charge in [0, 0.05) is 5.56 Å². The third-order valence-electron chi connectivity index (χ3n) is 3.23. The van der Waals surface area contributed by atoms with Crippen molar-refractivity contribution in [3.05, 3.63) is 61.5 Å². The van der Waals surface area contributed by atoms with E-state index in [-0.39, 0.29) is 11.5 Å². The second-order valence-corrected chi connectivity index (χ2v) is 5.55. The number of hydrogen-bond acceptors (Lipinski definition) is 3. The lowest BCUT2D eigenvalue weighted by Gasteiger charge is -2.05. The predicted molar refractivity (Wildman–Crippen MR) is 87.8 cm³/mol. The lowest BCUT2D eigenvalue weighted by Crippen LogP contribution is -2.18. The van der Waals surface area contributed by atoms with Gasteiger partial charge in [-0.15, -0.1) is 0 Å². The molecule has 0 saturated carbocycles. The van der Waals surface area contributed by atoms with Crippen LogP contribution in [0.5, 0.6) is 0 Å². The Morgan fingerprint density at radius 2 is 2.10 bits per heavy atom. The van der Waals surface area contributed by atoms with Crippen molar-refractivity contribution in [2.45, 2.75) is 20.3 Å². The first-order chi connectivity index (χ1) is 9.88. The maximum atomic E-state index is 11.9. The van der Waals surface area contributed by atoms with Gasteiger partial charge in [0.2, 0.25) is 5.95 Å². The first-order valence-corrected chi connectivity index (χ1v) is 7.11. The topological polar surface area (TPSA) is 71.8 Å². The van der Waals surface area contributed by atoms with Gasteiger partial charge in [0.15, 0.2) is 0 Å². The Balaban J connectivity index is 2.29. The molecule has 110 valence electrons. The van der Waals surface area contributed by atoms with Crippen molar-refractivity contribution in [2.75, 3.05) is 5.73 Å². The van der Waals surface area contributed by atoms with E-state index in [1.807, 2.05) is 19.1 Å². The zero-order chi connectivity index (χ0) is 15.6. The Labute approximate surface area is 132 Å². The molecule has 0 spiro atoms. The summed E-state index contributed by atoms with van der Waals surface area (Å²) in [4.78, 5) is 18.4. The van der Waals surface area contributed by atoms with Crippen LogP contribution in [0, 0.1) is 6.92 Å². The van der Waals surface area contributed by atoms with Crippen LogP contribution in [-0.4, -0.2) is 9.97 Å². The number of allylic oxidation sites excluding steroid dienone is 2. The number of aryl methyl sites for hydroxylation is 1. The maximum Gasteiger partial charge on any atom is 0.256 e. The van der Waals surface area contributed by atoms with Crippen LogP contribution in [0.25, 0.3) is 5.57 Å². The normalized spacial score (nSPS) is 11.7. The molecule has 2 aromatic rings. The van der Waals surface area contributed by atoms with Crippen molar-refractivity contribution in [3.8, 4) is 0 Å². The largest absolute Gasteiger partial charge is 0.369 e. The van der Waals surface area contributed by atoms with E-state index in [1.54, 1.807) is 19.1 Å². The summed E-state index contributed by atoms with van der Waals surface area (Å²) in [6, 6.07) is 5.44. The number of aromatic amines is 1. The average Bonchev–Trinajstić information content (AvgIpc) is 2.40. The van der Waals surface area contributed by atoms with Gasteiger partial charge in [-0.2, -0.15) is 0 Å². The summed E-state index contributed by atoms with van der Waals surface area (Å²) in [5.74, 6) is 0.131. The van der Waals surface area contributed by atoms with Crippen LogP contribution in [0.4, 0.5) is 5.95 Å². The zero-order valence-corrected chi connectivity index (χ0v) is 13.2. The number of halogens is 2. The number of rotatable bonds is 3. The highest BCUT2D eigenvalue weighted by Crippen LogP contribution is 2.26. The number of nitrogens with zero attached hydrogens (tertiary/aromatic N) is 1. The first-order valence-electron chi connectivity index (χ1n) is 6.36. The Kier molecular flexibility index (Phi) is 4.70. The average molecular weight is 324 g/mol. The van der Waals surface area contributed by atoms with Gasteiger partial charge in [-0.25, -0.2) is 4.98 Å². The van der Waals surface area contributed by atoms with Crippen LogP contribution in [0.3, 0.4) is 0 Å². The highest BCUT2D eigenvalue weighted by molar-refractivity contribution is 6.42. The van der Waals surface area contributed by atoms with Gasteiger partial charge in [-0.1, -0.05) is 35.3 Å². The van der Waals surface area contributed by atoms with Gasteiger partial charge >= 0.3 is 0 Å². The summed E-state index contributed by atoms with van der Waals surface area (Å²) in [5.41, 5.74) is 8.49. The van der Waals surface area contributed by atoms with Crippen LogP contribution < -0.4 is 11.3 Å². The summed E-state index contributed by atoms with van der Waals surface area (Å²) in [7, 11) is 0. The van der Waals surface area contributed by atoms with Gasteiger partial charge in [0.1, 0.15) is 0 Å². The Bertz CT molecular complexity index is 766. The molecule has 0 unspecified atom stereocenters. The zero-order valence-electron chi connectivity index (χ0n) is 11.7. The number of anilines is 1. The summed E-state index contributed by atoms with van der Waals surface area (Å²) in [6.45, 7) is 3.72. The highest BCUT2D eigenvalue weighted by atomic mass is 35.5. The number of hydrogen-bond donors (Lipinski definition) is 2. The third kappa shape index (κ3) is 3.65. The Hall–Kier alpha value is -1.78. The highest BCUT2D eigenvalue weighted by Gasteiger charge is 2.06. The molecule has 0 aliphatic rings. The van der Waals surface area contributed by atoms with Crippen molar-refractivity contribution < 1.29 is 0 Å². The monoisotopic (exact) mass is 323 g/mol. The molecule has 6 heteroatoms. The van der Waals surface area contributed by atoms with Crippen molar-refractivity contribution in [1.82, 2.24) is 9.97 Å². The number of benzene rings is 1. The molecular weight excluding hydrogens is 309 g/mol. The van der Waals surface area contributed by atoms with Crippen LogP contribution in [0.1, 0.15) is 23.7 Å². The van der Waals surface area contributed by atoms with Crippen LogP contribution >= 0.6 is 23.2 Å². The number of aromatic nitrogens is 2. The molecule has 0 atom stereocenters. The number of nitrogens with one attached hydrogen (secondary N) is 1. The van der Waals surface area contributed by atoms with Crippen LogP contribution in [0.2, 0.25) is 10.0 Å². The SMILES string of the molecule is C/C(=C\Cc1c(C)nc(N)[nH]c1=O)c1ccc(Cl)c(Cl)c1. The summed E-state index contributed by atoms with van der Waals surface area (Å²) in [5, 5.41) is 1.02. The van der Waals surface area contributed by atoms with E-state index in [0.29, 0.717) is 27.7 Å². The van der Waals surface area contributed by atoms with Crippen molar-refractivity contribution in [2.24, 2.45) is 0 Å². The third-order valence-corrected chi connectivity index (χ3v) is 3.97. The molecule has 21 heavy (non-hydrogen) atoms. The predicted octanol–water partition coefficient (Wildman–Crippen LogP) is 3.61. The minimum absolute atomic E-state index is 0.131. The molecule has 4 nitrogen and oxygen atoms in total. The fourth-order valence-corrected chi connectivity index (χ4v) is 2.29. The van der Waals surface area contributed by atoms with Crippen LogP contribution in [0.15, 0.2) is 29.1 Å². The van der Waals surface area contributed by atoms with Crippen molar-refractivity contribution in [1.29, 1.82) is 0 Å². The van der Waals surface area contributed by atoms with Gasteiger partial charge in [-0.05, 0) is 43.5 Å². The van der Waals surface area contributed by atoms with E-state index < -0.39 is 0 Å². The molecule has 3 N–H and O–H groups in total. The van der Waals surface area contributed by atoms with Gasteiger partial charge < -0.3 is 5.73 Å². The fraction of sp³-hybridized carbons (Fsp3) is 0.200. The molecule has 1 aromatic heterocycles. The molecule has 1 heterocycles. The van der Waals surface area contributed by atoms with E-state index in [1.165, 1.54) is 0 Å². The fourth-order valence-electron chi connectivity index (χ4n) is 1.99. The van der Waals surface area contributed by atoms with Crippen LogP contribution in [-0.2, 0) is 6.42 Å². The van der Waals surface area contributed by atoms with E-state index >= 15 is 0 Å². The number of nitrogens with two attached hydrogens (primary N) is 1. The van der Waals surface area contributed by atoms with Crippen molar-refractivity contribution in [3.63, 3.8) is 0 Å². The van der Waals surface area contributed by atoms with E-state index in [2.05, 4.69) is 9.97 Å². The van der Waals surface area contributed by atoms with Crippen molar-refractivity contribution >= 4 is 34.7 Å². The molecule has 0 aliphatic heterocycles. The van der Waals surface area contributed by atoms with E-state index in [4.69, 9.17) is 28.9 Å². The molecule has 0 fully saturated rings. The molecule has 0 aliphatic carbocycles. The molecule has 0 radical (unpaired) electrons. The minimum atomic E-state index is -0.210. The summed E-state index contributed by atoms with van der Waals surface area (Å²) < 4.78 is 0. The number of H-pyrrole nitrogens is 1. The molecule has 2 rings (SSSR count). The lowest BCUT2D eigenvalue weighted by atomic mass is 10.0.